The highest BCUT2D eigenvalue weighted by atomic mass is 32.1. The summed E-state index contributed by atoms with van der Waals surface area (Å²) in [6, 6.07) is 9.90. The van der Waals surface area contributed by atoms with Crippen LogP contribution in [0.1, 0.15) is 18.4 Å². The van der Waals surface area contributed by atoms with Crippen LogP contribution in [0.3, 0.4) is 0 Å². The number of anilines is 3. The predicted molar refractivity (Wildman–Crippen MR) is 110 cm³/mol. The van der Waals surface area contributed by atoms with Gasteiger partial charge in [-0.3, -0.25) is 0 Å². The fraction of sp³-hybridized carbons (Fsp3) is 0.350. The van der Waals surface area contributed by atoms with Crippen molar-refractivity contribution in [2.75, 3.05) is 29.9 Å². The Bertz CT molecular complexity index is 905. The summed E-state index contributed by atoms with van der Waals surface area (Å²) in [5, 5.41) is 13.6. The Balaban J connectivity index is 1.49. The van der Waals surface area contributed by atoms with E-state index in [1.807, 2.05) is 43.5 Å². The lowest BCUT2D eigenvalue weighted by molar-refractivity contribution is 0.203. The Labute approximate surface area is 162 Å². The van der Waals surface area contributed by atoms with Gasteiger partial charge in [0.1, 0.15) is 11.6 Å². The van der Waals surface area contributed by atoms with Crippen LogP contribution in [-0.4, -0.2) is 39.8 Å². The molecule has 2 N–H and O–H groups in total. The van der Waals surface area contributed by atoms with E-state index in [1.54, 1.807) is 17.5 Å². The fourth-order valence-corrected chi connectivity index (χ4v) is 4.15. The van der Waals surface area contributed by atoms with E-state index in [4.69, 9.17) is 4.98 Å². The van der Waals surface area contributed by atoms with Gasteiger partial charge in [-0.05, 0) is 55.5 Å². The number of hydrogen-bond acceptors (Lipinski definition) is 7. The Hall–Kier alpha value is -2.51. The van der Waals surface area contributed by atoms with Gasteiger partial charge in [-0.25, -0.2) is 15.0 Å². The van der Waals surface area contributed by atoms with E-state index in [9.17, 15) is 5.11 Å². The zero-order valence-electron chi connectivity index (χ0n) is 15.3. The molecule has 7 heteroatoms. The molecule has 27 heavy (non-hydrogen) atoms. The van der Waals surface area contributed by atoms with Gasteiger partial charge in [-0.15, -0.1) is 0 Å². The number of hydrogen-bond donors (Lipinski definition) is 2. The minimum atomic E-state index is 0.288. The third-order valence-electron chi connectivity index (χ3n) is 4.81. The number of pyridine rings is 2. The standard InChI is InChI=1S/C20H23N5OS/c1-14-5-8-21-19(11-14)24-18-4-2-3-16(23-18)17-12-22-20(27-17)25-9-6-15(13-26)7-10-25/h2-5,8,11-12,15,26H,6-7,9-10,13H2,1H3,(H,21,23,24). The molecule has 3 aromatic heterocycles. The van der Waals surface area contributed by atoms with Crippen LogP contribution in [0.2, 0.25) is 0 Å². The van der Waals surface area contributed by atoms with E-state index >= 15 is 0 Å². The summed E-state index contributed by atoms with van der Waals surface area (Å²) in [5.41, 5.74) is 2.06. The molecule has 1 aliphatic rings. The second kappa shape index (κ2) is 8.02. The highest BCUT2D eigenvalue weighted by Crippen LogP contribution is 2.32. The normalized spacial score (nSPS) is 15.1. The average molecular weight is 382 g/mol. The number of thiazole rings is 1. The molecule has 0 unspecified atom stereocenters. The first kappa shape index (κ1) is 17.9. The molecule has 0 radical (unpaired) electrons. The zero-order valence-corrected chi connectivity index (χ0v) is 16.1. The lowest BCUT2D eigenvalue weighted by atomic mass is 9.98. The predicted octanol–water partition coefficient (Wildman–Crippen LogP) is 3.86. The summed E-state index contributed by atoms with van der Waals surface area (Å²) >= 11 is 1.67. The number of nitrogens with one attached hydrogen (secondary N) is 1. The zero-order chi connectivity index (χ0) is 18.6. The van der Waals surface area contributed by atoms with E-state index in [0.717, 1.165) is 58.8 Å². The molecule has 0 spiro atoms. The van der Waals surface area contributed by atoms with Gasteiger partial charge in [0.05, 0.1) is 10.6 Å². The maximum atomic E-state index is 9.30. The quantitative estimate of drug-likeness (QED) is 0.699. The smallest absolute Gasteiger partial charge is 0.185 e. The number of aliphatic hydroxyl groups is 1. The number of aryl methyl sites for hydroxylation is 1. The lowest BCUT2D eigenvalue weighted by Crippen LogP contribution is -2.34. The summed E-state index contributed by atoms with van der Waals surface area (Å²) in [5.74, 6) is 1.99. The van der Waals surface area contributed by atoms with Gasteiger partial charge in [0.15, 0.2) is 5.13 Å². The third kappa shape index (κ3) is 4.26. The van der Waals surface area contributed by atoms with Crippen molar-refractivity contribution in [1.29, 1.82) is 0 Å². The van der Waals surface area contributed by atoms with Crippen LogP contribution in [0.4, 0.5) is 16.8 Å². The number of piperidine rings is 1. The highest BCUT2D eigenvalue weighted by molar-refractivity contribution is 7.18. The number of rotatable bonds is 5. The van der Waals surface area contributed by atoms with Gasteiger partial charge in [0.25, 0.3) is 0 Å². The molecular weight excluding hydrogens is 358 g/mol. The van der Waals surface area contributed by atoms with Crippen molar-refractivity contribution < 1.29 is 5.11 Å². The van der Waals surface area contributed by atoms with Gasteiger partial charge in [-0.1, -0.05) is 17.4 Å². The Morgan fingerprint density at radius 3 is 2.81 bits per heavy atom. The topological polar surface area (TPSA) is 74.2 Å². The minimum absolute atomic E-state index is 0.288. The highest BCUT2D eigenvalue weighted by Gasteiger charge is 2.21. The van der Waals surface area contributed by atoms with Gasteiger partial charge in [-0.2, -0.15) is 0 Å². The number of nitrogens with zero attached hydrogens (tertiary/aromatic N) is 4. The summed E-state index contributed by atoms with van der Waals surface area (Å²) in [4.78, 5) is 17.0. The van der Waals surface area contributed by atoms with Gasteiger partial charge < -0.3 is 15.3 Å². The molecule has 1 fully saturated rings. The second-order valence-corrected chi connectivity index (χ2v) is 7.88. The maximum absolute atomic E-state index is 9.30. The molecule has 0 aromatic carbocycles. The first-order chi connectivity index (χ1) is 13.2. The van der Waals surface area contributed by atoms with Crippen LogP contribution >= 0.6 is 11.3 Å². The van der Waals surface area contributed by atoms with E-state index in [2.05, 4.69) is 20.2 Å². The van der Waals surface area contributed by atoms with Crippen LogP contribution in [0.15, 0.2) is 42.7 Å². The number of aliphatic hydroxyl groups excluding tert-OH is 1. The summed E-state index contributed by atoms with van der Waals surface area (Å²) in [6.07, 6.45) is 5.73. The van der Waals surface area contributed by atoms with E-state index < -0.39 is 0 Å². The molecule has 0 bridgehead atoms. The van der Waals surface area contributed by atoms with Crippen LogP contribution in [-0.2, 0) is 0 Å². The molecular formula is C20H23N5OS. The van der Waals surface area contributed by atoms with Crippen molar-refractivity contribution in [1.82, 2.24) is 15.0 Å². The lowest BCUT2D eigenvalue weighted by Gasteiger charge is -2.30. The molecule has 0 saturated carbocycles. The van der Waals surface area contributed by atoms with Gasteiger partial charge >= 0.3 is 0 Å². The van der Waals surface area contributed by atoms with Crippen LogP contribution in [0.5, 0.6) is 0 Å². The van der Waals surface area contributed by atoms with Gasteiger partial charge in [0, 0.05) is 32.1 Å². The molecule has 140 valence electrons. The van der Waals surface area contributed by atoms with E-state index in [-0.39, 0.29) is 6.61 Å². The summed E-state index contributed by atoms with van der Waals surface area (Å²) in [7, 11) is 0. The van der Waals surface area contributed by atoms with Crippen molar-refractivity contribution in [3.8, 4) is 10.6 Å². The van der Waals surface area contributed by atoms with Crippen molar-refractivity contribution in [2.45, 2.75) is 19.8 Å². The Morgan fingerprint density at radius 2 is 2.04 bits per heavy atom. The molecule has 4 heterocycles. The maximum Gasteiger partial charge on any atom is 0.185 e. The van der Waals surface area contributed by atoms with E-state index in [1.165, 1.54) is 0 Å². The summed E-state index contributed by atoms with van der Waals surface area (Å²) in [6.45, 7) is 4.23. The van der Waals surface area contributed by atoms with Crippen LogP contribution in [0, 0.1) is 12.8 Å². The average Bonchev–Trinajstić information content (AvgIpc) is 3.19. The minimum Gasteiger partial charge on any atom is -0.396 e. The first-order valence-electron chi connectivity index (χ1n) is 9.20. The summed E-state index contributed by atoms with van der Waals surface area (Å²) < 4.78 is 0. The van der Waals surface area contributed by atoms with Crippen LogP contribution < -0.4 is 10.2 Å². The van der Waals surface area contributed by atoms with Crippen molar-refractivity contribution >= 4 is 28.1 Å². The third-order valence-corrected chi connectivity index (χ3v) is 5.89. The molecule has 0 atom stereocenters. The van der Waals surface area contributed by atoms with Crippen molar-refractivity contribution in [3.05, 3.63) is 48.3 Å². The molecule has 6 nitrogen and oxygen atoms in total. The SMILES string of the molecule is Cc1ccnc(Nc2cccc(-c3cnc(N4CCC(CO)CC4)s3)n2)c1. The van der Waals surface area contributed by atoms with Crippen molar-refractivity contribution in [3.63, 3.8) is 0 Å². The Morgan fingerprint density at radius 1 is 1.19 bits per heavy atom. The number of aromatic nitrogens is 3. The second-order valence-electron chi connectivity index (χ2n) is 6.87. The van der Waals surface area contributed by atoms with E-state index in [0.29, 0.717) is 5.92 Å². The van der Waals surface area contributed by atoms with Crippen LogP contribution in [0.25, 0.3) is 10.6 Å². The monoisotopic (exact) mass is 381 g/mol. The van der Waals surface area contributed by atoms with Crippen molar-refractivity contribution in [2.24, 2.45) is 5.92 Å². The molecule has 3 aromatic rings. The molecule has 4 rings (SSSR count). The largest absolute Gasteiger partial charge is 0.396 e. The first-order valence-corrected chi connectivity index (χ1v) is 10.0. The fourth-order valence-electron chi connectivity index (χ4n) is 3.21. The molecule has 1 aliphatic heterocycles. The molecule has 1 saturated heterocycles. The molecule has 0 aliphatic carbocycles. The van der Waals surface area contributed by atoms with Gasteiger partial charge in [0.2, 0.25) is 0 Å². The molecule has 0 amide bonds. The Kier molecular flexibility index (Phi) is 5.31.